The molecule has 0 spiro atoms. The van der Waals surface area contributed by atoms with E-state index in [2.05, 4.69) is 41.4 Å². The van der Waals surface area contributed by atoms with E-state index in [1.165, 1.54) is 10.8 Å². The van der Waals surface area contributed by atoms with Gasteiger partial charge in [-0.05, 0) is 58.8 Å². The van der Waals surface area contributed by atoms with E-state index in [9.17, 15) is 5.11 Å². The molecule has 5 rings (SSSR count). The number of aromatic nitrogens is 1. The molecule has 3 nitrogen and oxygen atoms in total. The van der Waals surface area contributed by atoms with Crippen molar-refractivity contribution in [3.8, 4) is 17.2 Å². The van der Waals surface area contributed by atoms with Crippen LogP contribution >= 0.6 is 0 Å². The molecule has 126 valence electrons. The van der Waals surface area contributed by atoms with Crippen LogP contribution in [0.1, 0.15) is 17.9 Å². The summed E-state index contributed by atoms with van der Waals surface area (Å²) in [6.45, 7) is 0. The van der Waals surface area contributed by atoms with Crippen molar-refractivity contribution in [2.45, 2.75) is 12.3 Å². The average Bonchev–Trinajstić information content (AvgIpc) is 3.12. The van der Waals surface area contributed by atoms with E-state index < -0.39 is 0 Å². The summed E-state index contributed by atoms with van der Waals surface area (Å²) in [6.07, 6.45) is 5.39. The molecule has 0 radical (unpaired) electrons. The minimum Gasteiger partial charge on any atom is -0.508 e. The molecule has 1 N–H and O–H groups in total. The summed E-state index contributed by atoms with van der Waals surface area (Å²) < 4.78 is 5.85. The highest BCUT2D eigenvalue weighted by Gasteiger charge is 2.12. The molecule has 0 aliphatic heterocycles. The summed E-state index contributed by atoms with van der Waals surface area (Å²) in [7, 11) is 0. The van der Waals surface area contributed by atoms with Crippen LogP contribution in [-0.2, 0) is 0 Å². The smallest absolute Gasteiger partial charge is 0.227 e. The molecule has 0 amide bonds. The quantitative estimate of drug-likeness (QED) is 0.601. The minimum atomic E-state index is 0.314. The van der Waals surface area contributed by atoms with Gasteiger partial charge < -0.3 is 9.52 Å². The molecular formula is C23H17NO2. The van der Waals surface area contributed by atoms with Crippen molar-refractivity contribution in [1.29, 1.82) is 0 Å². The number of para-hydroxylation sites is 2. The Morgan fingerprint density at radius 2 is 1.77 bits per heavy atom. The molecule has 1 unspecified atom stereocenters. The largest absolute Gasteiger partial charge is 0.508 e. The number of aromatic hydroxyl groups is 1. The van der Waals surface area contributed by atoms with Crippen LogP contribution in [0.5, 0.6) is 5.75 Å². The Morgan fingerprint density at radius 1 is 0.923 bits per heavy atom. The molecule has 3 aromatic carbocycles. The maximum atomic E-state index is 9.61. The first-order valence-corrected chi connectivity index (χ1v) is 8.73. The summed E-state index contributed by atoms with van der Waals surface area (Å²) in [5.74, 6) is 1.30. The molecule has 0 fully saturated rings. The Labute approximate surface area is 150 Å². The highest BCUT2D eigenvalue weighted by atomic mass is 16.3. The van der Waals surface area contributed by atoms with E-state index in [1.807, 2.05) is 36.4 Å². The van der Waals surface area contributed by atoms with Crippen LogP contribution < -0.4 is 10.4 Å². The zero-order valence-electron chi connectivity index (χ0n) is 14.1. The fraction of sp³-hybridized carbons (Fsp3) is 0.0870. The third kappa shape index (κ3) is 2.58. The van der Waals surface area contributed by atoms with E-state index in [-0.39, 0.29) is 0 Å². The molecule has 0 saturated carbocycles. The van der Waals surface area contributed by atoms with Gasteiger partial charge in [0.1, 0.15) is 11.3 Å². The van der Waals surface area contributed by atoms with Crippen molar-refractivity contribution >= 4 is 23.3 Å². The summed E-state index contributed by atoms with van der Waals surface area (Å²) in [6, 6.07) is 21.8. The highest BCUT2D eigenvalue weighted by Crippen LogP contribution is 2.28. The predicted molar refractivity (Wildman–Crippen MR) is 103 cm³/mol. The van der Waals surface area contributed by atoms with Gasteiger partial charge in [-0.25, -0.2) is 4.98 Å². The normalized spacial score (nSPS) is 15.9. The number of hydrogen-bond donors (Lipinski definition) is 1. The van der Waals surface area contributed by atoms with E-state index in [0.717, 1.165) is 28.3 Å². The molecule has 1 atom stereocenters. The SMILES string of the molecule is Oc1ccc2c(c1)=CCC(c1ccc(-c3nc4ccccc4o3)cc1)C=2. The lowest BCUT2D eigenvalue weighted by atomic mass is 9.90. The Morgan fingerprint density at radius 3 is 2.62 bits per heavy atom. The van der Waals surface area contributed by atoms with Crippen molar-refractivity contribution < 1.29 is 9.52 Å². The van der Waals surface area contributed by atoms with E-state index in [4.69, 9.17) is 4.42 Å². The molecule has 0 bridgehead atoms. The van der Waals surface area contributed by atoms with Crippen molar-refractivity contribution in [2.24, 2.45) is 0 Å². The van der Waals surface area contributed by atoms with Gasteiger partial charge in [-0.15, -0.1) is 0 Å². The van der Waals surface area contributed by atoms with Crippen molar-refractivity contribution in [1.82, 2.24) is 4.98 Å². The maximum absolute atomic E-state index is 9.61. The number of hydrogen-bond acceptors (Lipinski definition) is 3. The number of benzene rings is 3. The highest BCUT2D eigenvalue weighted by molar-refractivity contribution is 5.76. The first kappa shape index (κ1) is 15.0. The Bertz CT molecular complexity index is 1190. The third-order valence-electron chi connectivity index (χ3n) is 4.92. The van der Waals surface area contributed by atoms with Crippen LogP contribution in [0.25, 0.3) is 34.7 Å². The van der Waals surface area contributed by atoms with Crippen LogP contribution in [0.15, 0.2) is 71.1 Å². The molecule has 0 saturated heterocycles. The summed E-state index contributed by atoms with van der Waals surface area (Å²) in [5, 5.41) is 11.9. The third-order valence-corrected chi connectivity index (χ3v) is 4.92. The van der Waals surface area contributed by atoms with Crippen LogP contribution in [0, 0.1) is 0 Å². The maximum Gasteiger partial charge on any atom is 0.227 e. The number of phenols is 1. The van der Waals surface area contributed by atoms with Crippen LogP contribution in [0.3, 0.4) is 0 Å². The number of phenolic OH excluding ortho intramolecular Hbond substituents is 1. The zero-order chi connectivity index (χ0) is 17.5. The molecule has 4 aromatic rings. The molecule has 1 aliphatic carbocycles. The predicted octanol–water partition coefficient (Wildman–Crippen LogP) is 3.95. The van der Waals surface area contributed by atoms with Gasteiger partial charge in [0, 0.05) is 11.5 Å². The monoisotopic (exact) mass is 339 g/mol. The Kier molecular flexibility index (Phi) is 3.39. The second kappa shape index (κ2) is 5.88. The molecule has 1 heterocycles. The number of rotatable bonds is 2. The van der Waals surface area contributed by atoms with Gasteiger partial charge in [-0.3, -0.25) is 0 Å². The molecule has 26 heavy (non-hydrogen) atoms. The van der Waals surface area contributed by atoms with Crippen LogP contribution in [0.2, 0.25) is 0 Å². The number of nitrogens with zero attached hydrogens (tertiary/aromatic N) is 1. The van der Waals surface area contributed by atoms with Gasteiger partial charge >= 0.3 is 0 Å². The van der Waals surface area contributed by atoms with Crippen LogP contribution in [0.4, 0.5) is 0 Å². The van der Waals surface area contributed by atoms with Gasteiger partial charge in [-0.2, -0.15) is 0 Å². The van der Waals surface area contributed by atoms with Crippen molar-refractivity contribution in [2.75, 3.05) is 0 Å². The molecular weight excluding hydrogens is 322 g/mol. The van der Waals surface area contributed by atoms with Gasteiger partial charge in [0.25, 0.3) is 0 Å². The van der Waals surface area contributed by atoms with E-state index in [1.54, 1.807) is 6.07 Å². The second-order valence-electron chi connectivity index (χ2n) is 6.63. The summed E-state index contributed by atoms with van der Waals surface area (Å²) in [4.78, 5) is 4.56. The van der Waals surface area contributed by atoms with Gasteiger partial charge in [-0.1, -0.05) is 42.5 Å². The molecule has 1 aromatic heterocycles. The Balaban J connectivity index is 1.47. The van der Waals surface area contributed by atoms with Gasteiger partial charge in [0.05, 0.1) is 0 Å². The van der Waals surface area contributed by atoms with Crippen LogP contribution in [-0.4, -0.2) is 10.1 Å². The summed E-state index contributed by atoms with van der Waals surface area (Å²) in [5.41, 5.74) is 3.93. The standard InChI is InChI=1S/C23H17NO2/c25-20-12-11-18-13-17(9-10-19(18)14-20)15-5-7-16(8-6-15)23-24-21-3-1-2-4-22(21)26-23/h1-8,10-14,17,25H,9H2. The topological polar surface area (TPSA) is 46.3 Å². The fourth-order valence-corrected chi connectivity index (χ4v) is 3.53. The van der Waals surface area contributed by atoms with Crippen molar-refractivity contribution in [3.05, 3.63) is 82.7 Å². The number of oxazole rings is 1. The first-order valence-electron chi connectivity index (χ1n) is 8.73. The summed E-state index contributed by atoms with van der Waals surface area (Å²) >= 11 is 0. The minimum absolute atomic E-state index is 0.314. The van der Waals surface area contributed by atoms with E-state index in [0.29, 0.717) is 17.6 Å². The lowest BCUT2D eigenvalue weighted by molar-refractivity contribution is 0.474. The van der Waals surface area contributed by atoms with Gasteiger partial charge in [0.15, 0.2) is 5.58 Å². The zero-order valence-corrected chi connectivity index (χ0v) is 14.1. The average molecular weight is 339 g/mol. The molecule has 3 heteroatoms. The fourth-order valence-electron chi connectivity index (χ4n) is 3.53. The Hall–Kier alpha value is -3.33. The molecule has 1 aliphatic rings. The first-order chi connectivity index (χ1) is 12.8. The number of fused-ring (bicyclic) bond motifs is 2. The van der Waals surface area contributed by atoms with Gasteiger partial charge in [0.2, 0.25) is 5.89 Å². The van der Waals surface area contributed by atoms with Crippen molar-refractivity contribution in [3.63, 3.8) is 0 Å². The lowest BCUT2D eigenvalue weighted by Gasteiger charge is -2.15. The second-order valence-corrected chi connectivity index (χ2v) is 6.63. The van der Waals surface area contributed by atoms with E-state index >= 15 is 0 Å². The lowest BCUT2D eigenvalue weighted by Crippen LogP contribution is -2.27.